The fourth-order valence-corrected chi connectivity index (χ4v) is 2.66. The Morgan fingerprint density at radius 3 is 2.33 bits per heavy atom. The maximum Gasteiger partial charge on any atom is 0.238 e. The highest BCUT2D eigenvalue weighted by Gasteiger charge is 2.32. The first-order valence-corrected chi connectivity index (χ1v) is 6.51. The SMILES string of the molecule is CC(C(=O)NN)C(C)N(CC(N)=O)C1CCCC1. The molecule has 1 aliphatic carbocycles. The molecule has 1 fully saturated rings. The predicted molar refractivity (Wildman–Crippen MR) is 69.1 cm³/mol. The van der Waals surface area contributed by atoms with Crippen LogP contribution in [0.15, 0.2) is 0 Å². The topological polar surface area (TPSA) is 101 Å². The van der Waals surface area contributed by atoms with Crippen molar-refractivity contribution in [2.45, 2.75) is 51.6 Å². The molecule has 2 amide bonds. The van der Waals surface area contributed by atoms with Gasteiger partial charge >= 0.3 is 0 Å². The van der Waals surface area contributed by atoms with Crippen LogP contribution in [0.3, 0.4) is 0 Å². The van der Waals surface area contributed by atoms with E-state index in [-0.39, 0.29) is 30.3 Å². The van der Waals surface area contributed by atoms with Crippen molar-refractivity contribution in [2.24, 2.45) is 17.5 Å². The number of carbonyl (C=O) groups excluding carboxylic acids is 2. The summed E-state index contributed by atoms with van der Waals surface area (Å²) < 4.78 is 0. The minimum absolute atomic E-state index is 0.0517. The Balaban J connectivity index is 2.74. The van der Waals surface area contributed by atoms with Gasteiger partial charge < -0.3 is 5.73 Å². The Morgan fingerprint density at radius 2 is 1.89 bits per heavy atom. The molecule has 6 heteroatoms. The summed E-state index contributed by atoms with van der Waals surface area (Å²) in [5, 5.41) is 0. The molecule has 0 aliphatic heterocycles. The number of hydrazine groups is 1. The van der Waals surface area contributed by atoms with Gasteiger partial charge in [0.25, 0.3) is 0 Å². The van der Waals surface area contributed by atoms with E-state index in [9.17, 15) is 9.59 Å². The van der Waals surface area contributed by atoms with Crippen molar-refractivity contribution >= 4 is 11.8 Å². The smallest absolute Gasteiger partial charge is 0.238 e. The van der Waals surface area contributed by atoms with Crippen LogP contribution in [0, 0.1) is 5.92 Å². The lowest BCUT2D eigenvalue weighted by atomic mass is 9.99. The van der Waals surface area contributed by atoms with Gasteiger partial charge in [0.2, 0.25) is 11.8 Å². The largest absolute Gasteiger partial charge is 0.369 e. The normalized spacial score (nSPS) is 19.8. The van der Waals surface area contributed by atoms with Crippen LogP contribution in [0.5, 0.6) is 0 Å². The highest BCUT2D eigenvalue weighted by molar-refractivity contribution is 5.79. The number of primary amides is 1. The number of hydrogen-bond donors (Lipinski definition) is 3. The zero-order chi connectivity index (χ0) is 13.7. The van der Waals surface area contributed by atoms with Crippen molar-refractivity contribution in [1.29, 1.82) is 0 Å². The van der Waals surface area contributed by atoms with E-state index in [4.69, 9.17) is 11.6 Å². The molecule has 6 nitrogen and oxygen atoms in total. The van der Waals surface area contributed by atoms with Crippen LogP contribution in [0.25, 0.3) is 0 Å². The first-order chi connectivity index (χ1) is 8.47. The number of nitrogens with zero attached hydrogens (tertiary/aromatic N) is 1. The summed E-state index contributed by atoms with van der Waals surface area (Å²) in [5.41, 5.74) is 7.46. The van der Waals surface area contributed by atoms with E-state index in [0.717, 1.165) is 12.8 Å². The summed E-state index contributed by atoms with van der Waals surface area (Å²) in [7, 11) is 0. The molecule has 1 aliphatic rings. The van der Waals surface area contributed by atoms with Gasteiger partial charge in [-0.1, -0.05) is 19.8 Å². The summed E-state index contributed by atoms with van der Waals surface area (Å²) in [4.78, 5) is 24.8. The summed E-state index contributed by atoms with van der Waals surface area (Å²) in [6.07, 6.45) is 4.47. The Hall–Kier alpha value is -1.14. The van der Waals surface area contributed by atoms with Crippen molar-refractivity contribution in [3.8, 4) is 0 Å². The second kappa shape index (κ2) is 6.70. The molecular weight excluding hydrogens is 232 g/mol. The Kier molecular flexibility index (Phi) is 5.55. The van der Waals surface area contributed by atoms with E-state index in [1.54, 1.807) is 0 Å². The van der Waals surface area contributed by atoms with Crippen molar-refractivity contribution in [2.75, 3.05) is 6.54 Å². The molecule has 0 saturated heterocycles. The molecule has 0 aromatic heterocycles. The second-order valence-corrected chi connectivity index (χ2v) is 5.11. The molecule has 0 bridgehead atoms. The first kappa shape index (κ1) is 14.9. The van der Waals surface area contributed by atoms with E-state index in [0.29, 0.717) is 6.04 Å². The zero-order valence-electron chi connectivity index (χ0n) is 11.2. The fraction of sp³-hybridized carbons (Fsp3) is 0.833. The number of rotatable bonds is 6. The summed E-state index contributed by atoms with van der Waals surface area (Å²) >= 11 is 0. The number of nitrogens with two attached hydrogens (primary N) is 2. The third-order valence-corrected chi connectivity index (χ3v) is 3.93. The molecule has 1 rings (SSSR count). The van der Waals surface area contributed by atoms with Gasteiger partial charge in [-0.25, -0.2) is 5.84 Å². The van der Waals surface area contributed by atoms with Crippen molar-refractivity contribution < 1.29 is 9.59 Å². The lowest BCUT2D eigenvalue weighted by Gasteiger charge is -2.36. The zero-order valence-corrected chi connectivity index (χ0v) is 11.2. The summed E-state index contributed by atoms with van der Waals surface area (Å²) in [6.45, 7) is 3.96. The Bertz CT molecular complexity index is 302. The third kappa shape index (κ3) is 3.68. The average molecular weight is 256 g/mol. The number of nitrogens with one attached hydrogen (secondary N) is 1. The van der Waals surface area contributed by atoms with Crippen LogP contribution in [-0.2, 0) is 9.59 Å². The van der Waals surface area contributed by atoms with Crippen molar-refractivity contribution in [3.05, 3.63) is 0 Å². The van der Waals surface area contributed by atoms with Crippen LogP contribution in [0.2, 0.25) is 0 Å². The van der Waals surface area contributed by atoms with Crippen LogP contribution in [0.4, 0.5) is 0 Å². The molecule has 104 valence electrons. The number of carbonyl (C=O) groups is 2. The van der Waals surface area contributed by atoms with Gasteiger partial charge in [-0.05, 0) is 19.8 Å². The molecule has 0 aromatic carbocycles. The van der Waals surface area contributed by atoms with Crippen molar-refractivity contribution in [1.82, 2.24) is 10.3 Å². The van der Waals surface area contributed by atoms with Gasteiger partial charge in [0.05, 0.1) is 12.5 Å². The van der Waals surface area contributed by atoms with Gasteiger partial charge in [0.1, 0.15) is 0 Å². The van der Waals surface area contributed by atoms with E-state index >= 15 is 0 Å². The fourth-order valence-electron chi connectivity index (χ4n) is 2.66. The molecule has 0 aromatic rings. The summed E-state index contributed by atoms with van der Waals surface area (Å²) in [6, 6.07) is 0.296. The highest BCUT2D eigenvalue weighted by atomic mass is 16.2. The molecule has 5 N–H and O–H groups in total. The number of hydrogen-bond acceptors (Lipinski definition) is 4. The standard InChI is InChI=1S/C12H24N4O2/c1-8(12(18)15-14)9(2)16(7-11(13)17)10-5-3-4-6-10/h8-10H,3-7,14H2,1-2H3,(H2,13,17)(H,15,18). The monoisotopic (exact) mass is 256 g/mol. The summed E-state index contributed by atoms with van der Waals surface area (Å²) in [5.74, 6) is 4.32. The molecule has 1 saturated carbocycles. The average Bonchev–Trinajstić information content (AvgIpc) is 2.86. The molecule has 0 heterocycles. The van der Waals surface area contributed by atoms with Crippen LogP contribution >= 0.6 is 0 Å². The minimum atomic E-state index is -0.353. The van der Waals surface area contributed by atoms with E-state index in [1.165, 1.54) is 12.8 Å². The van der Waals surface area contributed by atoms with Crippen LogP contribution in [-0.4, -0.2) is 35.3 Å². The van der Waals surface area contributed by atoms with Crippen LogP contribution < -0.4 is 17.0 Å². The van der Waals surface area contributed by atoms with Gasteiger partial charge in [-0.15, -0.1) is 0 Å². The number of amides is 2. The predicted octanol–water partition coefficient (Wildman–Crippen LogP) is -0.269. The molecule has 18 heavy (non-hydrogen) atoms. The third-order valence-electron chi connectivity index (χ3n) is 3.93. The van der Waals surface area contributed by atoms with Crippen LogP contribution in [0.1, 0.15) is 39.5 Å². The van der Waals surface area contributed by atoms with Gasteiger partial charge in [-0.3, -0.25) is 19.9 Å². The maximum absolute atomic E-state index is 11.6. The maximum atomic E-state index is 11.6. The minimum Gasteiger partial charge on any atom is -0.369 e. The molecule has 0 radical (unpaired) electrons. The van der Waals surface area contributed by atoms with E-state index in [1.807, 2.05) is 13.8 Å². The molecular formula is C12H24N4O2. The van der Waals surface area contributed by atoms with Gasteiger partial charge in [0, 0.05) is 12.1 Å². The molecule has 2 unspecified atom stereocenters. The van der Waals surface area contributed by atoms with Gasteiger partial charge in [-0.2, -0.15) is 0 Å². The molecule has 0 spiro atoms. The van der Waals surface area contributed by atoms with Gasteiger partial charge in [0.15, 0.2) is 0 Å². The van der Waals surface area contributed by atoms with E-state index in [2.05, 4.69) is 10.3 Å². The first-order valence-electron chi connectivity index (χ1n) is 6.51. The quantitative estimate of drug-likeness (QED) is 0.346. The van der Waals surface area contributed by atoms with E-state index < -0.39 is 0 Å². The molecule has 2 atom stereocenters. The Morgan fingerprint density at radius 1 is 1.33 bits per heavy atom. The second-order valence-electron chi connectivity index (χ2n) is 5.11. The van der Waals surface area contributed by atoms with Crippen molar-refractivity contribution in [3.63, 3.8) is 0 Å². The lowest BCUT2D eigenvalue weighted by molar-refractivity contribution is -0.128. The lowest BCUT2D eigenvalue weighted by Crippen LogP contribution is -2.51. The highest BCUT2D eigenvalue weighted by Crippen LogP contribution is 2.26. The Labute approximate surface area is 108 Å².